The van der Waals surface area contributed by atoms with Gasteiger partial charge < -0.3 is 16.0 Å². The van der Waals surface area contributed by atoms with E-state index >= 15 is 0 Å². The van der Waals surface area contributed by atoms with Gasteiger partial charge in [-0.2, -0.15) is 0 Å². The number of nitrogens with one attached hydrogen (secondary N) is 1. The number of rotatable bonds is 3. The Morgan fingerprint density at radius 3 is 2.62 bits per heavy atom. The van der Waals surface area contributed by atoms with E-state index < -0.39 is 0 Å². The molecule has 1 aromatic heterocycles. The van der Waals surface area contributed by atoms with Crippen LogP contribution in [0.5, 0.6) is 0 Å². The van der Waals surface area contributed by atoms with Crippen LogP contribution in [0, 0.1) is 6.92 Å². The molecule has 3 N–H and O–H groups in total. The second-order valence-corrected chi connectivity index (χ2v) is 5.31. The van der Waals surface area contributed by atoms with Crippen molar-refractivity contribution in [3.8, 4) is 0 Å². The van der Waals surface area contributed by atoms with Crippen LogP contribution in [0.2, 0.25) is 5.15 Å². The van der Waals surface area contributed by atoms with Gasteiger partial charge >= 0.3 is 0 Å². The zero-order valence-corrected chi connectivity index (χ0v) is 12.9. The quantitative estimate of drug-likeness (QED) is 0.675. The third-order valence-electron chi connectivity index (χ3n) is 3.04. The molecule has 0 spiro atoms. The summed E-state index contributed by atoms with van der Waals surface area (Å²) in [6.07, 6.45) is 1.52. The summed E-state index contributed by atoms with van der Waals surface area (Å²) in [7, 11) is 3.79. The van der Waals surface area contributed by atoms with Gasteiger partial charge in [-0.3, -0.25) is 4.79 Å². The molecular formula is C15H17ClN4O. The molecule has 2 aromatic rings. The standard InChI is InChI=1S/C15H17ClN4O/c1-9-6-11(8-18-14(9)16)19-15(21)10-4-5-13(20(2)3)12(17)7-10/h4-8H,17H2,1-3H3,(H,19,21). The predicted octanol–water partition coefficient (Wildman–Crippen LogP) is 2.94. The van der Waals surface area contributed by atoms with E-state index in [1.54, 1.807) is 18.2 Å². The molecule has 0 atom stereocenters. The Labute approximate surface area is 128 Å². The number of nitrogen functional groups attached to an aromatic ring is 1. The lowest BCUT2D eigenvalue weighted by Gasteiger charge is -2.16. The summed E-state index contributed by atoms with van der Waals surface area (Å²) < 4.78 is 0. The molecule has 0 bridgehead atoms. The minimum absolute atomic E-state index is 0.240. The molecule has 0 saturated heterocycles. The Hall–Kier alpha value is -2.27. The molecular weight excluding hydrogens is 288 g/mol. The van der Waals surface area contributed by atoms with Crippen LogP contribution in [-0.2, 0) is 0 Å². The Kier molecular flexibility index (Phi) is 4.33. The number of aromatic nitrogens is 1. The first kappa shape index (κ1) is 15.1. The zero-order valence-electron chi connectivity index (χ0n) is 12.1. The first-order chi connectivity index (χ1) is 9.88. The number of pyridine rings is 1. The average Bonchev–Trinajstić information content (AvgIpc) is 2.42. The summed E-state index contributed by atoms with van der Waals surface area (Å²) >= 11 is 5.86. The van der Waals surface area contributed by atoms with Crippen LogP contribution in [0.1, 0.15) is 15.9 Å². The fourth-order valence-corrected chi connectivity index (χ4v) is 2.04. The van der Waals surface area contributed by atoms with Gasteiger partial charge in [0.05, 0.1) is 23.3 Å². The van der Waals surface area contributed by atoms with Crippen molar-refractivity contribution in [1.29, 1.82) is 0 Å². The molecule has 1 amide bonds. The van der Waals surface area contributed by atoms with Gasteiger partial charge in [0.2, 0.25) is 0 Å². The maximum atomic E-state index is 12.2. The lowest BCUT2D eigenvalue weighted by Crippen LogP contribution is -2.15. The molecule has 1 heterocycles. The molecule has 0 aliphatic rings. The average molecular weight is 305 g/mol. The van der Waals surface area contributed by atoms with Gasteiger partial charge in [-0.15, -0.1) is 0 Å². The summed E-state index contributed by atoms with van der Waals surface area (Å²) in [6, 6.07) is 6.97. The van der Waals surface area contributed by atoms with Gasteiger partial charge in [0.1, 0.15) is 5.15 Å². The van der Waals surface area contributed by atoms with E-state index in [0.29, 0.717) is 22.1 Å². The Morgan fingerprint density at radius 1 is 1.33 bits per heavy atom. The number of carbonyl (C=O) groups is 1. The summed E-state index contributed by atoms with van der Waals surface area (Å²) in [5, 5.41) is 3.20. The highest BCUT2D eigenvalue weighted by molar-refractivity contribution is 6.30. The van der Waals surface area contributed by atoms with Gasteiger partial charge in [0, 0.05) is 19.7 Å². The van der Waals surface area contributed by atoms with Gasteiger partial charge in [0.25, 0.3) is 5.91 Å². The Balaban J connectivity index is 2.20. The van der Waals surface area contributed by atoms with Crippen LogP contribution in [0.3, 0.4) is 0 Å². The summed E-state index contributed by atoms with van der Waals surface area (Å²) in [5.74, 6) is -0.240. The topological polar surface area (TPSA) is 71.2 Å². The monoisotopic (exact) mass is 304 g/mol. The molecule has 0 aliphatic carbocycles. The van der Waals surface area contributed by atoms with E-state index in [2.05, 4.69) is 10.3 Å². The molecule has 1 aromatic carbocycles. The van der Waals surface area contributed by atoms with Crippen molar-refractivity contribution in [2.45, 2.75) is 6.92 Å². The predicted molar refractivity (Wildman–Crippen MR) is 87.1 cm³/mol. The highest BCUT2D eigenvalue weighted by Crippen LogP contribution is 2.23. The molecule has 110 valence electrons. The second-order valence-electron chi connectivity index (χ2n) is 4.95. The van der Waals surface area contributed by atoms with Crippen LogP contribution in [0.4, 0.5) is 17.1 Å². The zero-order chi connectivity index (χ0) is 15.6. The third-order valence-corrected chi connectivity index (χ3v) is 3.44. The molecule has 21 heavy (non-hydrogen) atoms. The number of hydrogen-bond acceptors (Lipinski definition) is 4. The van der Waals surface area contributed by atoms with Gasteiger partial charge in [0.15, 0.2) is 0 Å². The highest BCUT2D eigenvalue weighted by Gasteiger charge is 2.10. The third kappa shape index (κ3) is 3.44. The van der Waals surface area contributed by atoms with Crippen LogP contribution in [-0.4, -0.2) is 25.0 Å². The largest absolute Gasteiger partial charge is 0.397 e. The van der Waals surface area contributed by atoms with E-state index in [1.165, 1.54) is 6.20 Å². The van der Waals surface area contributed by atoms with Crippen molar-refractivity contribution < 1.29 is 4.79 Å². The van der Waals surface area contributed by atoms with E-state index in [9.17, 15) is 4.79 Å². The van der Waals surface area contributed by atoms with Crippen LogP contribution < -0.4 is 16.0 Å². The SMILES string of the molecule is Cc1cc(NC(=O)c2ccc(N(C)C)c(N)c2)cnc1Cl. The number of amides is 1. The summed E-state index contributed by atoms with van der Waals surface area (Å²) in [4.78, 5) is 18.1. The van der Waals surface area contributed by atoms with Crippen LogP contribution in [0.15, 0.2) is 30.5 Å². The van der Waals surface area contributed by atoms with Crippen molar-refractivity contribution in [2.75, 3.05) is 30.0 Å². The summed E-state index contributed by atoms with van der Waals surface area (Å²) in [6.45, 7) is 1.83. The number of carbonyl (C=O) groups excluding carboxylic acids is 1. The normalized spacial score (nSPS) is 10.3. The fraction of sp³-hybridized carbons (Fsp3) is 0.200. The van der Waals surface area contributed by atoms with E-state index in [4.69, 9.17) is 17.3 Å². The smallest absolute Gasteiger partial charge is 0.255 e. The second kappa shape index (κ2) is 6.01. The van der Waals surface area contributed by atoms with Crippen molar-refractivity contribution in [1.82, 2.24) is 4.98 Å². The Morgan fingerprint density at radius 2 is 2.05 bits per heavy atom. The first-order valence-electron chi connectivity index (χ1n) is 6.39. The number of hydrogen-bond donors (Lipinski definition) is 2. The van der Waals surface area contributed by atoms with Crippen LogP contribution in [0.25, 0.3) is 0 Å². The number of aryl methyl sites for hydroxylation is 1. The number of nitrogens with zero attached hydrogens (tertiary/aromatic N) is 2. The van der Waals surface area contributed by atoms with E-state index in [-0.39, 0.29) is 5.91 Å². The maximum absolute atomic E-state index is 12.2. The highest BCUT2D eigenvalue weighted by atomic mass is 35.5. The molecule has 0 aliphatic heterocycles. The van der Waals surface area contributed by atoms with Crippen molar-refractivity contribution in [2.24, 2.45) is 0 Å². The molecule has 0 radical (unpaired) electrons. The van der Waals surface area contributed by atoms with E-state index in [0.717, 1.165) is 11.3 Å². The molecule has 0 saturated carbocycles. The van der Waals surface area contributed by atoms with Crippen LogP contribution >= 0.6 is 11.6 Å². The molecule has 2 rings (SSSR count). The maximum Gasteiger partial charge on any atom is 0.255 e. The van der Waals surface area contributed by atoms with Gasteiger partial charge in [-0.1, -0.05) is 11.6 Å². The fourth-order valence-electron chi connectivity index (χ4n) is 1.93. The number of nitrogens with two attached hydrogens (primary N) is 1. The molecule has 5 nitrogen and oxygen atoms in total. The lowest BCUT2D eigenvalue weighted by molar-refractivity contribution is 0.102. The molecule has 0 fully saturated rings. The minimum atomic E-state index is -0.240. The number of anilines is 3. The first-order valence-corrected chi connectivity index (χ1v) is 6.76. The minimum Gasteiger partial charge on any atom is -0.397 e. The van der Waals surface area contributed by atoms with Crippen molar-refractivity contribution in [3.05, 3.63) is 46.7 Å². The number of halogens is 1. The van der Waals surface area contributed by atoms with Gasteiger partial charge in [-0.25, -0.2) is 4.98 Å². The lowest BCUT2D eigenvalue weighted by atomic mass is 10.1. The van der Waals surface area contributed by atoms with Gasteiger partial charge in [-0.05, 0) is 36.8 Å². The summed E-state index contributed by atoms with van der Waals surface area (Å²) in [5.41, 5.74) is 9.26. The Bertz CT molecular complexity index is 685. The molecule has 6 heteroatoms. The number of benzene rings is 1. The molecule has 0 unspecified atom stereocenters. The van der Waals surface area contributed by atoms with E-state index in [1.807, 2.05) is 32.0 Å². The van der Waals surface area contributed by atoms with Crippen molar-refractivity contribution in [3.63, 3.8) is 0 Å². The van der Waals surface area contributed by atoms with Crippen molar-refractivity contribution >= 4 is 34.6 Å².